The highest BCUT2D eigenvalue weighted by atomic mass is 16.5. The number of ether oxygens (including phenoxy) is 1. The number of amides is 1. The van der Waals surface area contributed by atoms with E-state index in [1.165, 1.54) is 0 Å². The SMILES string of the molecule is CCOCc1cnc2n1CCN(C(=O)c1ccccc1)C2C. The molecule has 3 rings (SSSR count). The van der Waals surface area contributed by atoms with Gasteiger partial charge in [-0.3, -0.25) is 4.79 Å². The standard InChI is InChI=1S/C17H21N3O2/c1-3-22-12-15-11-18-16-13(2)19(9-10-20(15)16)17(21)14-7-5-4-6-8-14/h4-8,11,13H,3,9-10,12H2,1-2H3. The summed E-state index contributed by atoms with van der Waals surface area (Å²) < 4.78 is 7.66. The lowest BCUT2D eigenvalue weighted by Gasteiger charge is -2.34. The molecule has 116 valence electrons. The Kier molecular flexibility index (Phi) is 4.24. The van der Waals surface area contributed by atoms with Gasteiger partial charge in [0.2, 0.25) is 0 Å². The Labute approximate surface area is 130 Å². The van der Waals surface area contributed by atoms with Crippen LogP contribution in [0.2, 0.25) is 0 Å². The van der Waals surface area contributed by atoms with E-state index in [9.17, 15) is 4.79 Å². The zero-order valence-electron chi connectivity index (χ0n) is 13.0. The van der Waals surface area contributed by atoms with E-state index in [-0.39, 0.29) is 11.9 Å². The summed E-state index contributed by atoms with van der Waals surface area (Å²) in [5, 5.41) is 0. The lowest BCUT2D eigenvalue weighted by molar-refractivity contribution is 0.0630. The molecule has 0 aliphatic carbocycles. The van der Waals surface area contributed by atoms with Gasteiger partial charge in [0.05, 0.1) is 24.5 Å². The van der Waals surface area contributed by atoms with Crippen LogP contribution in [-0.2, 0) is 17.9 Å². The van der Waals surface area contributed by atoms with Crippen molar-refractivity contribution in [3.05, 3.63) is 53.6 Å². The number of carbonyl (C=O) groups is 1. The van der Waals surface area contributed by atoms with E-state index in [1.54, 1.807) is 0 Å². The van der Waals surface area contributed by atoms with E-state index in [0.29, 0.717) is 19.8 Å². The van der Waals surface area contributed by atoms with Gasteiger partial charge >= 0.3 is 0 Å². The van der Waals surface area contributed by atoms with Crippen LogP contribution in [0, 0.1) is 0 Å². The summed E-state index contributed by atoms with van der Waals surface area (Å²) >= 11 is 0. The molecule has 1 aliphatic rings. The van der Waals surface area contributed by atoms with E-state index in [4.69, 9.17) is 4.74 Å². The van der Waals surface area contributed by atoms with Crippen LogP contribution < -0.4 is 0 Å². The van der Waals surface area contributed by atoms with Crippen LogP contribution in [0.5, 0.6) is 0 Å². The van der Waals surface area contributed by atoms with Crippen LogP contribution in [0.3, 0.4) is 0 Å². The van der Waals surface area contributed by atoms with Gasteiger partial charge in [-0.15, -0.1) is 0 Å². The van der Waals surface area contributed by atoms with Gasteiger partial charge in [0.1, 0.15) is 5.82 Å². The van der Waals surface area contributed by atoms with Gasteiger partial charge in [0.25, 0.3) is 5.91 Å². The van der Waals surface area contributed by atoms with Crippen LogP contribution >= 0.6 is 0 Å². The Bertz CT molecular complexity index is 651. The van der Waals surface area contributed by atoms with Gasteiger partial charge in [-0.2, -0.15) is 0 Å². The molecule has 0 radical (unpaired) electrons. The molecule has 1 aromatic carbocycles. The summed E-state index contributed by atoms with van der Waals surface area (Å²) in [7, 11) is 0. The molecule has 1 aliphatic heterocycles. The fourth-order valence-corrected chi connectivity index (χ4v) is 2.91. The smallest absolute Gasteiger partial charge is 0.254 e. The molecule has 1 aromatic heterocycles. The third kappa shape index (κ3) is 2.64. The second-order valence-electron chi connectivity index (χ2n) is 5.44. The topological polar surface area (TPSA) is 47.4 Å². The molecule has 2 aromatic rings. The minimum atomic E-state index is -0.0307. The number of fused-ring (bicyclic) bond motifs is 1. The van der Waals surface area contributed by atoms with Gasteiger partial charge in [0.15, 0.2) is 0 Å². The third-order valence-electron chi connectivity index (χ3n) is 4.11. The van der Waals surface area contributed by atoms with Gasteiger partial charge in [-0.25, -0.2) is 4.98 Å². The van der Waals surface area contributed by atoms with Crippen LogP contribution in [0.25, 0.3) is 0 Å². The first-order chi connectivity index (χ1) is 10.7. The average molecular weight is 299 g/mol. The first-order valence-corrected chi connectivity index (χ1v) is 7.70. The maximum atomic E-state index is 12.7. The van der Waals surface area contributed by atoms with E-state index in [2.05, 4.69) is 9.55 Å². The summed E-state index contributed by atoms with van der Waals surface area (Å²) in [6.07, 6.45) is 1.86. The lowest BCUT2D eigenvalue weighted by atomic mass is 10.1. The normalized spacial score (nSPS) is 17.4. The minimum absolute atomic E-state index is 0.0307. The molecule has 1 atom stereocenters. The summed E-state index contributed by atoms with van der Waals surface area (Å²) in [5.74, 6) is 0.999. The molecule has 0 saturated carbocycles. The molecule has 0 fully saturated rings. The zero-order valence-corrected chi connectivity index (χ0v) is 13.0. The van der Waals surface area contributed by atoms with Crippen molar-refractivity contribution in [2.24, 2.45) is 0 Å². The highest BCUT2D eigenvalue weighted by Gasteiger charge is 2.30. The highest BCUT2D eigenvalue weighted by Crippen LogP contribution is 2.27. The van der Waals surface area contributed by atoms with Gasteiger partial charge in [-0.1, -0.05) is 18.2 Å². The number of hydrogen-bond donors (Lipinski definition) is 0. The molecule has 22 heavy (non-hydrogen) atoms. The van der Waals surface area contributed by atoms with Gasteiger partial charge < -0.3 is 14.2 Å². The van der Waals surface area contributed by atoms with Crippen molar-refractivity contribution in [2.45, 2.75) is 33.0 Å². The number of rotatable bonds is 4. The van der Waals surface area contributed by atoms with E-state index < -0.39 is 0 Å². The molecular weight excluding hydrogens is 278 g/mol. The molecule has 0 bridgehead atoms. The van der Waals surface area contributed by atoms with Crippen LogP contribution in [0.1, 0.15) is 41.8 Å². The summed E-state index contributed by atoms with van der Waals surface area (Å²) in [6.45, 7) is 6.73. The first kappa shape index (κ1) is 14.8. The van der Waals surface area contributed by atoms with E-state index >= 15 is 0 Å². The Hall–Kier alpha value is -2.14. The van der Waals surface area contributed by atoms with E-state index in [0.717, 1.165) is 23.6 Å². The van der Waals surface area contributed by atoms with Gasteiger partial charge in [-0.05, 0) is 26.0 Å². The lowest BCUT2D eigenvalue weighted by Crippen LogP contribution is -2.41. The maximum Gasteiger partial charge on any atom is 0.254 e. The number of benzene rings is 1. The van der Waals surface area contributed by atoms with Crippen molar-refractivity contribution >= 4 is 5.91 Å². The van der Waals surface area contributed by atoms with Crippen molar-refractivity contribution in [3.8, 4) is 0 Å². The Balaban J connectivity index is 1.81. The first-order valence-electron chi connectivity index (χ1n) is 7.70. The summed E-state index contributed by atoms with van der Waals surface area (Å²) in [4.78, 5) is 19.1. The Morgan fingerprint density at radius 2 is 2.09 bits per heavy atom. The Morgan fingerprint density at radius 3 is 2.82 bits per heavy atom. The van der Waals surface area contributed by atoms with Crippen LogP contribution in [-0.4, -0.2) is 33.5 Å². The largest absolute Gasteiger partial charge is 0.375 e. The number of hydrogen-bond acceptors (Lipinski definition) is 3. The second kappa shape index (κ2) is 6.32. The third-order valence-corrected chi connectivity index (χ3v) is 4.11. The quantitative estimate of drug-likeness (QED) is 0.872. The number of imidazole rings is 1. The predicted octanol–water partition coefficient (Wildman–Crippen LogP) is 2.64. The number of carbonyl (C=O) groups excluding carboxylic acids is 1. The van der Waals surface area contributed by atoms with Crippen LogP contribution in [0.4, 0.5) is 0 Å². The summed E-state index contributed by atoms with van der Waals surface area (Å²) in [6, 6.07) is 9.39. The molecule has 0 saturated heterocycles. The van der Waals surface area contributed by atoms with Crippen molar-refractivity contribution in [1.29, 1.82) is 0 Å². The van der Waals surface area contributed by atoms with Crippen molar-refractivity contribution < 1.29 is 9.53 Å². The average Bonchev–Trinajstić information content (AvgIpc) is 2.97. The molecular formula is C17H21N3O2. The van der Waals surface area contributed by atoms with Crippen molar-refractivity contribution in [2.75, 3.05) is 13.2 Å². The fourth-order valence-electron chi connectivity index (χ4n) is 2.91. The molecule has 5 heteroatoms. The number of aromatic nitrogens is 2. The summed E-state index contributed by atoms with van der Waals surface area (Å²) in [5.41, 5.74) is 1.81. The second-order valence-corrected chi connectivity index (χ2v) is 5.44. The molecule has 2 heterocycles. The van der Waals surface area contributed by atoms with Crippen molar-refractivity contribution in [3.63, 3.8) is 0 Å². The van der Waals surface area contributed by atoms with Crippen LogP contribution in [0.15, 0.2) is 36.5 Å². The van der Waals surface area contributed by atoms with Crippen molar-refractivity contribution in [1.82, 2.24) is 14.5 Å². The van der Waals surface area contributed by atoms with E-state index in [1.807, 2.05) is 55.3 Å². The Morgan fingerprint density at radius 1 is 1.32 bits per heavy atom. The highest BCUT2D eigenvalue weighted by molar-refractivity contribution is 5.94. The molecule has 5 nitrogen and oxygen atoms in total. The molecule has 1 amide bonds. The zero-order chi connectivity index (χ0) is 15.5. The fraction of sp³-hybridized carbons (Fsp3) is 0.412. The molecule has 0 N–H and O–H groups in total. The van der Waals surface area contributed by atoms with Gasteiger partial charge in [0, 0.05) is 25.3 Å². The minimum Gasteiger partial charge on any atom is -0.375 e. The molecule has 0 spiro atoms. The monoisotopic (exact) mass is 299 g/mol. The molecule has 1 unspecified atom stereocenters. The number of nitrogens with zero attached hydrogens (tertiary/aromatic N) is 3. The maximum absolute atomic E-state index is 12.7. The predicted molar refractivity (Wildman–Crippen MR) is 83.5 cm³/mol.